The minimum atomic E-state index is -1.57. The highest BCUT2D eigenvalue weighted by atomic mass is 31.2. The quantitative estimate of drug-likeness (QED) is 0.0566. The van der Waals surface area contributed by atoms with Crippen LogP contribution in [0.15, 0.2) is 0 Å². The van der Waals surface area contributed by atoms with Gasteiger partial charge in [0.2, 0.25) is 5.79 Å². The molecule has 0 aromatic carbocycles. The summed E-state index contributed by atoms with van der Waals surface area (Å²) in [4.78, 5) is 11.3. The molecule has 39 heavy (non-hydrogen) atoms. The molecule has 0 aromatic heterocycles. The molecule has 232 valence electrons. The van der Waals surface area contributed by atoms with Crippen molar-refractivity contribution in [3.63, 3.8) is 0 Å². The Bertz CT molecular complexity index is 476. The molecule has 0 amide bonds. The molecule has 2 rings (SSSR count). The molecule has 0 N–H and O–H groups in total. The first-order chi connectivity index (χ1) is 19.3. The molecule has 0 bridgehead atoms. The van der Waals surface area contributed by atoms with Crippen molar-refractivity contribution in [1.29, 1.82) is 0 Å². The van der Waals surface area contributed by atoms with Gasteiger partial charge in [-0.05, 0) is 25.2 Å². The zero-order chi connectivity index (χ0) is 27.7. The van der Waals surface area contributed by atoms with Crippen molar-refractivity contribution in [2.45, 2.75) is 174 Å². The molecular formula is C31H62O6P2. The van der Waals surface area contributed by atoms with Crippen LogP contribution in [0.1, 0.15) is 168 Å². The third-order valence-corrected chi connectivity index (χ3v) is 10.7. The van der Waals surface area contributed by atoms with Crippen LogP contribution in [-0.4, -0.2) is 31.3 Å². The summed E-state index contributed by atoms with van der Waals surface area (Å²) >= 11 is 0. The molecule has 0 atom stereocenters. The Morgan fingerprint density at radius 1 is 0.487 bits per heavy atom. The van der Waals surface area contributed by atoms with Crippen LogP contribution in [0, 0.1) is 0 Å². The van der Waals surface area contributed by atoms with Crippen LogP contribution >= 0.6 is 16.8 Å². The summed E-state index contributed by atoms with van der Waals surface area (Å²) in [5.74, 6) is -0.780. The maximum absolute atomic E-state index is 6.20. The summed E-state index contributed by atoms with van der Waals surface area (Å²) in [6, 6.07) is 0. The van der Waals surface area contributed by atoms with E-state index in [0.717, 1.165) is 38.2 Å². The van der Waals surface area contributed by atoms with Crippen LogP contribution in [0.5, 0.6) is 0 Å². The second-order valence-corrected chi connectivity index (χ2v) is 14.7. The van der Waals surface area contributed by atoms with Gasteiger partial charge in [-0.2, -0.15) is 9.78 Å². The minimum Gasteiger partial charge on any atom is -0.359 e. The summed E-state index contributed by atoms with van der Waals surface area (Å²) in [6.07, 6.45) is 33.0. The Kier molecular flexibility index (Phi) is 23.1. The molecule has 2 heterocycles. The Morgan fingerprint density at radius 2 is 0.846 bits per heavy atom. The lowest BCUT2D eigenvalue weighted by Crippen LogP contribution is -2.42. The first-order valence-corrected chi connectivity index (χ1v) is 19.5. The van der Waals surface area contributed by atoms with Gasteiger partial charge in [0.15, 0.2) is 0 Å². The molecule has 1 spiro atoms. The van der Waals surface area contributed by atoms with Crippen LogP contribution in [0.3, 0.4) is 0 Å². The predicted octanol–water partition coefficient (Wildman–Crippen LogP) is 11.7. The normalized spacial score (nSPS) is 23.5. The molecule has 0 aromatic rings. The van der Waals surface area contributed by atoms with E-state index in [9.17, 15) is 0 Å². The average Bonchev–Trinajstić information content (AvgIpc) is 2.96. The summed E-state index contributed by atoms with van der Waals surface area (Å²) in [6.45, 7) is 6.07. The van der Waals surface area contributed by atoms with Crippen molar-refractivity contribution in [2.24, 2.45) is 0 Å². The number of hydrogen-bond donors (Lipinski definition) is 0. The Balaban J connectivity index is 1.34. The van der Waals surface area contributed by atoms with Gasteiger partial charge in [-0.1, -0.05) is 142 Å². The van der Waals surface area contributed by atoms with Gasteiger partial charge < -0.3 is 9.05 Å². The van der Waals surface area contributed by atoms with Crippen molar-refractivity contribution in [3.05, 3.63) is 0 Å². The molecule has 2 aliphatic rings. The van der Waals surface area contributed by atoms with Crippen molar-refractivity contribution in [1.82, 2.24) is 0 Å². The number of unbranched alkanes of at least 4 members (excludes halogenated alkanes) is 20. The van der Waals surface area contributed by atoms with Gasteiger partial charge in [-0.15, -0.1) is 9.35 Å². The zero-order valence-electron chi connectivity index (χ0n) is 25.6. The standard InChI is InChI=1S/C31H62O6P2/c1-3-5-7-9-11-13-15-17-19-21-23-27-32-38-29-25-31(26-30-38)34-36-39(37-35-31)33-28-24-22-20-18-16-14-12-10-8-6-4-2/h3-30H2,1-2H3. The lowest BCUT2D eigenvalue weighted by atomic mass is 10.1. The molecule has 0 saturated carbocycles. The van der Waals surface area contributed by atoms with Crippen LogP contribution in [0.2, 0.25) is 0 Å². The second-order valence-electron chi connectivity index (χ2n) is 11.6. The van der Waals surface area contributed by atoms with E-state index in [1.165, 1.54) is 135 Å². The maximum atomic E-state index is 6.20. The average molecular weight is 593 g/mol. The third-order valence-electron chi connectivity index (χ3n) is 7.95. The lowest BCUT2D eigenvalue weighted by Gasteiger charge is -2.39. The van der Waals surface area contributed by atoms with E-state index in [0.29, 0.717) is 6.61 Å². The molecular weight excluding hydrogens is 530 g/mol. The van der Waals surface area contributed by atoms with Crippen LogP contribution in [-0.2, 0) is 28.2 Å². The number of rotatable bonds is 26. The van der Waals surface area contributed by atoms with Crippen molar-refractivity contribution in [2.75, 3.05) is 25.5 Å². The van der Waals surface area contributed by atoms with Gasteiger partial charge in [-0.3, -0.25) is 0 Å². The molecule has 2 aliphatic heterocycles. The Hall–Kier alpha value is 0.620. The fourth-order valence-corrected chi connectivity index (χ4v) is 8.09. The van der Waals surface area contributed by atoms with Gasteiger partial charge in [0.25, 0.3) is 0 Å². The van der Waals surface area contributed by atoms with Crippen LogP contribution < -0.4 is 0 Å². The zero-order valence-corrected chi connectivity index (χ0v) is 27.4. The molecule has 2 saturated heterocycles. The smallest absolute Gasteiger partial charge is 0.359 e. The highest BCUT2D eigenvalue weighted by Gasteiger charge is 2.45. The van der Waals surface area contributed by atoms with E-state index in [4.69, 9.17) is 28.2 Å². The highest BCUT2D eigenvalue weighted by molar-refractivity contribution is 7.52. The summed E-state index contributed by atoms with van der Waals surface area (Å²) < 4.78 is 22.8. The van der Waals surface area contributed by atoms with E-state index >= 15 is 0 Å². The van der Waals surface area contributed by atoms with E-state index in [-0.39, 0.29) is 0 Å². The number of hydrogen-bond acceptors (Lipinski definition) is 6. The molecule has 8 heteroatoms. The Labute approximate surface area is 244 Å². The van der Waals surface area contributed by atoms with E-state index in [1.807, 2.05) is 0 Å². The van der Waals surface area contributed by atoms with Crippen molar-refractivity contribution < 1.29 is 28.2 Å². The summed E-state index contributed by atoms with van der Waals surface area (Å²) in [5.41, 5.74) is 0. The van der Waals surface area contributed by atoms with E-state index in [2.05, 4.69) is 13.8 Å². The summed E-state index contributed by atoms with van der Waals surface area (Å²) in [5, 5.41) is 0. The SMILES string of the molecule is CCCCCCCCCCCCCOP1CCC2(CC1)OOP(OCCCCCCCCCCCCC)OO2. The molecule has 0 radical (unpaired) electrons. The van der Waals surface area contributed by atoms with E-state index < -0.39 is 22.5 Å². The first kappa shape index (κ1) is 35.8. The van der Waals surface area contributed by atoms with Crippen molar-refractivity contribution in [3.8, 4) is 0 Å². The highest BCUT2D eigenvalue weighted by Crippen LogP contribution is 2.54. The topological polar surface area (TPSA) is 55.4 Å². The summed E-state index contributed by atoms with van der Waals surface area (Å²) in [7, 11) is -1.96. The third kappa shape index (κ3) is 18.7. The fourth-order valence-electron chi connectivity index (χ4n) is 5.25. The molecule has 0 aliphatic carbocycles. The molecule has 2 fully saturated rings. The molecule has 6 nitrogen and oxygen atoms in total. The van der Waals surface area contributed by atoms with Crippen LogP contribution in [0.25, 0.3) is 0 Å². The van der Waals surface area contributed by atoms with Gasteiger partial charge in [0, 0.05) is 21.0 Å². The van der Waals surface area contributed by atoms with Crippen molar-refractivity contribution >= 4 is 16.8 Å². The largest absolute Gasteiger partial charge is 0.392 e. The van der Waals surface area contributed by atoms with E-state index in [1.54, 1.807) is 0 Å². The monoisotopic (exact) mass is 592 g/mol. The predicted molar refractivity (Wildman–Crippen MR) is 165 cm³/mol. The second kappa shape index (κ2) is 25.1. The molecule has 0 unspecified atom stereocenters. The van der Waals surface area contributed by atoms with Gasteiger partial charge in [-0.25, -0.2) is 0 Å². The van der Waals surface area contributed by atoms with Crippen LogP contribution in [0.4, 0.5) is 0 Å². The Morgan fingerprint density at radius 3 is 1.26 bits per heavy atom. The maximum Gasteiger partial charge on any atom is 0.392 e. The minimum absolute atomic E-state index is 0.392. The van der Waals surface area contributed by atoms with Gasteiger partial charge in [0.1, 0.15) is 0 Å². The first-order valence-electron chi connectivity index (χ1n) is 16.8. The lowest BCUT2D eigenvalue weighted by molar-refractivity contribution is -0.500. The van der Waals surface area contributed by atoms with Gasteiger partial charge in [0.05, 0.1) is 13.2 Å². The van der Waals surface area contributed by atoms with Gasteiger partial charge >= 0.3 is 8.60 Å². The fraction of sp³-hybridized carbons (Fsp3) is 1.00.